The van der Waals surface area contributed by atoms with Gasteiger partial charge in [0, 0.05) is 12.0 Å². The third-order valence-corrected chi connectivity index (χ3v) is 1.90. The Morgan fingerprint density at radius 2 is 1.20 bits per heavy atom. The molecule has 0 aliphatic carbocycles. The Bertz CT molecular complexity index is 403. The molecule has 1 nitrogen and oxygen atoms in total. The van der Waals surface area contributed by atoms with Gasteiger partial charge in [-0.25, -0.2) is 22.0 Å². The van der Waals surface area contributed by atoms with Gasteiger partial charge in [-0.15, -0.1) is 0 Å². The highest BCUT2D eigenvalue weighted by Gasteiger charge is 2.26. The molecule has 0 bridgehead atoms. The summed E-state index contributed by atoms with van der Waals surface area (Å²) in [5, 5.41) is 0. The maximum atomic E-state index is 12.9. The van der Waals surface area contributed by atoms with E-state index >= 15 is 0 Å². The molecule has 0 saturated heterocycles. The van der Waals surface area contributed by atoms with Crippen LogP contribution in [0.2, 0.25) is 0 Å². The molecule has 0 aliphatic heterocycles. The van der Waals surface area contributed by atoms with E-state index in [4.69, 9.17) is 0 Å². The average Bonchev–Trinajstić information content (AvgIpc) is 2.18. The minimum atomic E-state index is -2.24. The van der Waals surface area contributed by atoms with E-state index < -0.39 is 45.8 Å². The highest BCUT2D eigenvalue weighted by atomic mass is 79.9. The van der Waals surface area contributed by atoms with Gasteiger partial charge in [-0.05, 0) is 15.9 Å². The van der Waals surface area contributed by atoms with Crippen molar-refractivity contribution in [2.24, 2.45) is 0 Å². The van der Waals surface area contributed by atoms with Crippen LogP contribution in [0, 0.1) is 29.1 Å². The van der Waals surface area contributed by atoms with E-state index in [-0.39, 0.29) is 0 Å². The Kier molecular flexibility index (Phi) is 3.43. The van der Waals surface area contributed by atoms with Gasteiger partial charge in [0.1, 0.15) is 0 Å². The van der Waals surface area contributed by atoms with Crippen LogP contribution in [0.5, 0.6) is 0 Å². The lowest BCUT2D eigenvalue weighted by Crippen LogP contribution is -2.09. The fourth-order valence-corrected chi connectivity index (χ4v) is 1.22. The molecule has 0 aliphatic rings. The summed E-state index contributed by atoms with van der Waals surface area (Å²) in [6.45, 7) is 0. The molecule has 0 spiro atoms. The molecule has 7 heteroatoms. The minimum Gasteiger partial charge on any atom is -0.286 e. The molecule has 82 valence electrons. The topological polar surface area (TPSA) is 17.1 Å². The predicted molar refractivity (Wildman–Crippen MR) is 43.9 cm³/mol. The van der Waals surface area contributed by atoms with Gasteiger partial charge in [0.05, 0.1) is 0 Å². The van der Waals surface area contributed by atoms with Crippen molar-refractivity contribution >= 4 is 20.6 Å². The number of hydrogen-bond donors (Lipinski definition) is 0. The van der Waals surface area contributed by atoms with Crippen LogP contribution in [0.15, 0.2) is 0 Å². The molecule has 0 atom stereocenters. The molecule has 1 aromatic carbocycles. The highest BCUT2D eigenvalue weighted by Crippen LogP contribution is 2.23. The van der Waals surface area contributed by atoms with E-state index in [0.717, 1.165) is 0 Å². The van der Waals surface area contributed by atoms with E-state index in [2.05, 4.69) is 15.9 Å². The Morgan fingerprint density at radius 3 is 1.53 bits per heavy atom. The van der Waals surface area contributed by atoms with Crippen LogP contribution < -0.4 is 0 Å². The Morgan fingerprint density at radius 1 is 0.867 bits per heavy atom. The first kappa shape index (κ1) is 12.1. The third kappa shape index (κ3) is 2.17. The van der Waals surface area contributed by atoms with E-state index in [9.17, 15) is 26.7 Å². The minimum absolute atomic E-state index is 0.884. The Balaban J connectivity index is 3.45. The zero-order valence-electron chi connectivity index (χ0n) is 6.88. The largest absolute Gasteiger partial charge is 0.286 e. The van der Waals surface area contributed by atoms with Gasteiger partial charge in [-0.1, -0.05) is 0 Å². The molecule has 0 fully saturated rings. The zero-order chi connectivity index (χ0) is 11.7. The number of carbonyl (C=O) groups is 1. The van der Waals surface area contributed by atoms with Crippen LogP contribution in [0.25, 0.3) is 0 Å². The number of carbonyl (C=O) groups excluding carboxylic acids is 1. The van der Waals surface area contributed by atoms with Crippen molar-refractivity contribution in [1.29, 1.82) is 0 Å². The van der Waals surface area contributed by atoms with Crippen molar-refractivity contribution in [1.82, 2.24) is 0 Å². The third-order valence-electron chi connectivity index (χ3n) is 1.62. The maximum Gasteiger partial charge on any atom is 0.202 e. The monoisotopic (exact) mass is 288 g/mol. The van der Waals surface area contributed by atoms with Crippen molar-refractivity contribution in [3.63, 3.8) is 0 Å². The van der Waals surface area contributed by atoms with Gasteiger partial charge < -0.3 is 0 Å². The number of benzene rings is 1. The number of hydrogen-bond acceptors (Lipinski definition) is 1. The zero-order valence-corrected chi connectivity index (χ0v) is 8.47. The summed E-state index contributed by atoms with van der Waals surface area (Å²) in [6, 6.07) is 0. The second kappa shape index (κ2) is 4.26. The molecule has 0 radical (unpaired) electrons. The molecule has 1 aromatic rings. The molecule has 0 amide bonds. The molecule has 1 rings (SSSR count). The lowest BCUT2D eigenvalue weighted by atomic mass is 10.1. The summed E-state index contributed by atoms with van der Waals surface area (Å²) in [7, 11) is 0. The summed E-state index contributed by atoms with van der Waals surface area (Å²) in [4.78, 5) is 10.5. The van der Waals surface area contributed by atoms with Gasteiger partial charge in [-0.3, -0.25) is 4.79 Å². The van der Waals surface area contributed by atoms with Crippen LogP contribution in [0.3, 0.4) is 0 Å². The molecular formula is C8H2BrF5O. The van der Waals surface area contributed by atoms with Gasteiger partial charge >= 0.3 is 0 Å². The second-order valence-electron chi connectivity index (χ2n) is 2.58. The van der Waals surface area contributed by atoms with Crippen LogP contribution >= 0.6 is 15.9 Å². The number of rotatable bonds is 2. The van der Waals surface area contributed by atoms with Crippen molar-refractivity contribution in [2.75, 3.05) is 0 Å². The fourth-order valence-electron chi connectivity index (χ4n) is 0.945. The highest BCUT2D eigenvalue weighted by molar-refractivity contribution is 9.18. The van der Waals surface area contributed by atoms with E-state index in [1.165, 1.54) is 0 Å². The quantitative estimate of drug-likeness (QED) is 0.354. The number of halogens is 6. The van der Waals surface area contributed by atoms with Gasteiger partial charge in [0.25, 0.3) is 0 Å². The average molecular weight is 289 g/mol. The van der Waals surface area contributed by atoms with E-state index in [1.54, 1.807) is 0 Å². The molecule has 0 saturated carbocycles. The van der Waals surface area contributed by atoms with E-state index in [1.807, 2.05) is 0 Å². The molecule has 0 heterocycles. The van der Waals surface area contributed by atoms with Crippen molar-refractivity contribution in [2.45, 2.75) is 6.42 Å². The standard InChI is InChI=1S/C8H2BrF5O/c9-3(15)1-2-4(10)6(12)8(14)7(13)5(2)11/h1H2. The summed E-state index contributed by atoms with van der Waals surface area (Å²) in [6.07, 6.45) is -0.911. The van der Waals surface area contributed by atoms with E-state index in [0.29, 0.717) is 0 Å². The maximum absolute atomic E-state index is 12.9. The van der Waals surface area contributed by atoms with Crippen LogP contribution in [-0.4, -0.2) is 4.69 Å². The lowest BCUT2D eigenvalue weighted by molar-refractivity contribution is -0.109. The first-order chi connectivity index (χ1) is 6.86. The second-order valence-corrected chi connectivity index (χ2v) is 3.46. The SMILES string of the molecule is O=C(Br)Cc1c(F)c(F)c(F)c(F)c1F. The summed E-state index contributed by atoms with van der Waals surface area (Å²) in [5.74, 6) is -10.3. The van der Waals surface area contributed by atoms with Crippen LogP contribution in [0.1, 0.15) is 5.56 Å². The molecule has 0 unspecified atom stereocenters. The molecular weight excluding hydrogens is 287 g/mol. The fraction of sp³-hybridized carbons (Fsp3) is 0.125. The van der Waals surface area contributed by atoms with Gasteiger partial charge in [-0.2, -0.15) is 0 Å². The van der Waals surface area contributed by atoms with Crippen molar-refractivity contribution in [3.8, 4) is 0 Å². The van der Waals surface area contributed by atoms with Crippen molar-refractivity contribution in [3.05, 3.63) is 34.6 Å². The van der Waals surface area contributed by atoms with Crippen molar-refractivity contribution < 1.29 is 26.7 Å². The van der Waals surface area contributed by atoms with Crippen LogP contribution in [0.4, 0.5) is 22.0 Å². The Labute approximate surface area is 89.0 Å². The first-order valence-electron chi connectivity index (χ1n) is 3.55. The molecule has 15 heavy (non-hydrogen) atoms. The summed E-state index contributed by atoms with van der Waals surface area (Å²) < 4.78 is 62.5. The first-order valence-corrected chi connectivity index (χ1v) is 4.34. The molecule has 0 N–H and O–H groups in total. The summed E-state index contributed by atoms with van der Waals surface area (Å²) >= 11 is 2.34. The smallest absolute Gasteiger partial charge is 0.202 e. The predicted octanol–water partition coefficient (Wildman–Crippen LogP) is 2.85. The summed E-state index contributed by atoms with van der Waals surface area (Å²) in [5.41, 5.74) is -1.15. The lowest BCUT2D eigenvalue weighted by Gasteiger charge is -2.05. The van der Waals surface area contributed by atoms with Gasteiger partial charge in [0.2, 0.25) is 10.5 Å². The van der Waals surface area contributed by atoms with Crippen LogP contribution in [-0.2, 0) is 11.2 Å². The van der Waals surface area contributed by atoms with Gasteiger partial charge in [0.15, 0.2) is 23.3 Å². The Hall–Kier alpha value is -0.980. The molecule has 0 aromatic heterocycles. The normalized spacial score (nSPS) is 10.5.